The van der Waals surface area contributed by atoms with Crippen molar-refractivity contribution < 1.29 is 18.9 Å². The monoisotopic (exact) mass is 442 g/mol. The van der Waals surface area contributed by atoms with E-state index < -0.39 is 0 Å². The van der Waals surface area contributed by atoms with Gasteiger partial charge in [0.1, 0.15) is 6.61 Å². The molecule has 174 valence electrons. The van der Waals surface area contributed by atoms with Crippen LogP contribution in [0.4, 0.5) is 0 Å². The van der Waals surface area contributed by atoms with Crippen LogP contribution in [-0.2, 0) is 13.1 Å². The normalized spacial score (nSPS) is 12.7. The first kappa shape index (κ1) is 23.5. The van der Waals surface area contributed by atoms with Gasteiger partial charge in [-0.15, -0.1) is 0 Å². The molecule has 1 aliphatic rings. The second-order valence-corrected chi connectivity index (χ2v) is 7.33. The molecule has 0 radical (unpaired) electrons. The molecule has 1 heterocycles. The zero-order valence-electron chi connectivity index (χ0n) is 19.4. The summed E-state index contributed by atoms with van der Waals surface area (Å²) in [6.45, 7) is 9.38. The van der Waals surface area contributed by atoms with Crippen molar-refractivity contribution in [2.24, 2.45) is 4.99 Å². The molecule has 2 aromatic carbocycles. The van der Waals surface area contributed by atoms with Crippen molar-refractivity contribution >= 4 is 5.96 Å². The second-order valence-electron chi connectivity index (χ2n) is 7.33. The maximum Gasteiger partial charge on any atom is 0.231 e. The highest BCUT2D eigenvalue weighted by atomic mass is 16.7. The zero-order chi connectivity index (χ0) is 22.8. The van der Waals surface area contributed by atoms with Crippen LogP contribution in [0.2, 0.25) is 0 Å². The van der Waals surface area contributed by atoms with Crippen molar-refractivity contribution in [2.45, 2.75) is 26.9 Å². The van der Waals surface area contributed by atoms with Gasteiger partial charge >= 0.3 is 0 Å². The van der Waals surface area contributed by atoms with Gasteiger partial charge in [0.25, 0.3) is 0 Å². The molecule has 32 heavy (non-hydrogen) atoms. The number of rotatable bonds is 11. The minimum absolute atomic E-state index is 0.276. The molecule has 0 atom stereocenters. The number of hydrogen-bond acceptors (Lipinski definition) is 6. The van der Waals surface area contributed by atoms with E-state index in [9.17, 15) is 0 Å². The summed E-state index contributed by atoms with van der Waals surface area (Å²) in [4.78, 5) is 6.63. The van der Waals surface area contributed by atoms with E-state index in [0.29, 0.717) is 25.7 Å². The minimum Gasteiger partial charge on any atom is -0.493 e. The molecule has 0 unspecified atom stereocenters. The Hall–Kier alpha value is -3.13. The molecule has 3 rings (SSSR count). The maximum atomic E-state index is 5.94. The molecule has 0 aliphatic carbocycles. The van der Waals surface area contributed by atoms with Gasteiger partial charge in [-0.1, -0.05) is 26.0 Å². The lowest BCUT2D eigenvalue weighted by atomic mass is 10.2. The lowest BCUT2D eigenvalue weighted by molar-refractivity contribution is 0.174. The Bertz CT molecular complexity index is 900. The summed E-state index contributed by atoms with van der Waals surface area (Å²) >= 11 is 0. The van der Waals surface area contributed by atoms with Gasteiger partial charge in [-0.25, -0.2) is 0 Å². The van der Waals surface area contributed by atoms with Crippen molar-refractivity contribution in [3.8, 4) is 23.0 Å². The molecule has 2 N–H and O–H groups in total. The van der Waals surface area contributed by atoms with E-state index in [4.69, 9.17) is 18.9 Å². The lowest BCUT2D eigenvalue weighted by Crippen LogP contribution is -2.36. The molecule has 1 aliphatic heterocycles. The first-order valence-corrected chi connectivity index (χ1v) is 11.0. The number of nitrogens with one attached hydrogen (secondary N) is 2. The molecular formula is C24H34N4O4. The van der Waals surface area contributed by atoms with Crippen LogP contribution in [0.15, 0.2) is 41.4 Å². The summed E-state index contributed by atoms with van der Waals surface area (Å²) in [7, 11) is 3.41. The van der Waals surface area contributed by atoms with E-state index in [1.54, 1.807) is 14.2 Å². The Kier molecular flexibility index (Phi) is 8.86. The number of methoxy groups -OCH3 is 1. The average molecular weight is 443 g/mol. The smallest absolute Gasteiger partial charge is 0.231 e. The van der Waals surface area contributed by atoms with Crippen LogP contribution < -0.4 is 29.6 Å². The molecule has 0 saturated carbocycles. The Labute approximate surface area is 190 Å². The molecule has 8 nitrogen and oxygen atoms in total. The molecule has 8 heteroatoms. The van der Waals surface area contributed by atoms with E-state index in [2.05, 4.69) is 34.4 Å². The Balaban J connectivity index is 1.50. The first-order valence-electron chi connectivity index (χ1n) is 11.0. The fourth-order valence-electron chi connectivity index (χ4n) is 3.41. The van der Waals surface area contributed by atoms with Crippen LogP contribution in [0, 0.1) is 0 Å². The largest absolute Gasteiger partial charge is 0.493 e. The number of hydrogen-bond donors (Lipinski definition) is 2. The van der Waals surface area contributed by atoms with Crippen LogP contribution in [0.3, 0.4) is 0 Å². The van der Waals surface area contributed by atoms with Gasteiger partial charge < -0.3 is 34.5 Å². The summed E-state index contributed by atoms with van der Waals surface area (Å²) < 4.78 is 22.3. The van der Waals surface area contributed by atoms with Crippen LogP contribution in [0.1, 0.15) is 25.0 Å². The highest BCUT2D eigenvalue weighted by molar-refractivity contribution is 5.79. The SMILES string of the molecule is CCN(CC)CCOc1ccc(CNC(=NC)NCc2ccc3c(c2)OCO3)cc1OC. The van der Waals surface area contributed by atoms with Crippen molar-refractivity contribution in [2.75, 3.05) is 47.2 Å². The summed E-state index contributed by atoms with van der Waals surface area (Å²) in [5.41, 5.74) is 2.16. The van der Waals surface area contributed by atoms with Crippen molar-refractivity contribution in [3.05, 3.63) is 47.5 Å². The number of ether oxygens (including phenoxy) is 4. The van der Waals surface area contributed by atoms with Gasteiger partial charge in [0.15, 0.2) is 29.0 Å². The van der Waals surface area contributed by atoms with Crippen LogP contribution in [-0.4, -0.2) is 58.1 Å². The third-order valence-electron chi connectivity index (χ3n) is 5.37. The third kappa shape index (κ3) is 6.43. The predicted molar refractivity (Wildman–Crippen MR) is 126 cm³/mol. The van der Waals surface area contributed by atoms with Crippen LogP contribution in [0.5, 0.6) is 23.0 Å². The fourth-order valence-corrected chi connectivity index (χ4v) is 3.41. The number of likely N-dealkylation sites (N-methyl/N-ethyl adjacent to an activating group) is 1. The van der Waals surface area contributed by atoms with E-state index in [0.717, 1.165) is 53.8 Å². The summed E-state index contributed by atoms with van der Waals surface area (Å²) in [6.07, 6.45) is 0. The molecular weight excluding hydrogens is 408 g/mol. The van der Waals surface area contributed by atoms with Gasteiger partial charge in [0.2, 0.25) is 6.79 Å². The highest BCUT2D eigenvalue weighted by Gasteiger charge is 2.13. The van der Waals surface area contributed by atoms with Crippen molar-refractivity contribution in [3.63, 3.8) is 0 Å². The highest BCUT2D eigenvalue weighted by Crippen LogP contribution is 2.32. The number of fused-ring (bicyclic) bond motifs is 1. The first-order chi connectivity index (χ1) is 15.7. The van der Waals surface area contributed by atoms with Gasteiger partial charge in [0.05, 0.1) is 7.11 Å². The van der Waals surface area contributed by atoms with Crippen molar-refractivity contribution in [1.29, 1.82) is 0 Å². The summed E-state index contributed by atoms with van der Waals surface area (Å²) in [5, 5.41) is 6.65. The predicted octanol–water partition coefficient (Wildman–Crippen LogP) is 3.01. The molecule has 2 aromatic rings. The molecule has 0 spiro atoms. The van der Waals surface area contributed by atoms with Gasteiger partial charge in [-0.05, 0) is 48.5 Å². The molecule has 0 amide bonds. The standard InChI is InChI=1S/C24H34N4O4/c1-5-28(6-2)11-12-30-20-9-7-18(13-22(20)29-4)15-26-24(25-3)27-16-19-8-10-21-23(14-19)32-17-31-21/h7-10,13-14H,5-6,11-12,15-17H2,1-4H3,(H2,25,26,27). The number of aliphatic imine (C=N–C) groups is 1. The Morgan fingerprint density at radius 1 is 0.969 bits per heavy atom. The van der Waals surface area contributed by atoms with Gasteiger partial charge in [-0.3, -0.25) is 4.99 Å². The summed E-state index contributed by atoms with van der Waals surface area (Å²) in [5.74, 6) is 3.76. The lowest BCUT2D eigenvalue weighted by Gasteiger charge is -2.19. The van der Waals surface area contributed by atoms with Crippen LogP contribution >= 0.6 is 0 Å². The van der Waals surface area contributed by atoms with Gasteiger partial charge in [0, 0.05) is 26.7 Å². The van der Waals surface area contributed by atoms with Crippen molar-refractivity contribution in [1.82, 2.24) is 15.5 Å². The molecule has 0 saturated heterocycles. The topological polar surface area (TPSA) is 76.6 Å². The molecule has 0 fully saturated rings. The Morgan fingerprint density at radius 2 is 1.66 bits per heavy atom. The average Bonchev–Trinajstić information content (AvgIpc) is 3.30. The second kappa shape index (κ2) is 12.0. The zero-order valence-corrected chi connectivity index (χ0v) is 19.4. The molecule has 0 bridgehead atoms. The van der Waals surface area contributed by atoms with Crippen LogP contribution in [0.25, 0.3) is 0 Å². The summed E-state index contributed by atoms with van der Waals surface area (Å²) in [6, 6.07) is 11.9. The molecule has 0 aromatic heterocycles. The van der Waals surface area contributed by atoms with E-state index in [1.807, 2.05) is 36.4 Å². The Morgan fingerprint density at radius 3 is 2.34 bits per heavy atom. The quantitative estimate of drug-likeness (QED) is 0.409. The fraction of sp³-hybridized carbons (Fsp3) is 0.458. The maximum absolute atomic E-state index is 5.94. The number of nitrogens with zero attached hydrogens (tertiary/aromatic N) is 2. The number of benzene rings is 2. The number of guanidine groups is 1. The van der Waals surface area contributed by atoms with E-state index in [1.165, 1.54) is 0 Å². The third-order valence-corrected chi connectivity index (χ3v) is 5.37. The van der Waals surface area contributed by atoms with E-state index in [-0.39, 0.29) is 6.79 Å². The van der Waals surface area contributed by atoms with Gasteiger partial charge in [-0.2, -0.15) is 0 Å². The van der Waals surface area contributed by atoms with E-state index >= 15 is 0 Å². The minimum atomic E-state index is 0.276.